The molecule has 2 atom stereocenters. The molecule has 0 aromatic heterocycles. The molecule has 0 aliphatic carbocycles. The number of rotatable bonds is 7. The molecule has 0 bridgehead atoms. The Balaban J connectivity index is 1.30. The van der Waals surface area contributed by atoms with E-state index in [0.29, 0.717) is 50.8 Å². The summed E-state index contributed by atoms with van der Waals surface area (Å²) in [6, 6.07) is 6.17. The van der Waals surface area contributed by atoms with Gasteiger partial charge in [-0.3, -0.25) is 9.59 Å². The summed E-state index contributed by atoms with van der Waals surface area (Å²) >= 11 is 0. The van der Waals surface area contributed by atoms with Gasteiger partial charge in [0.2, 0.25) is 11.8 Å². The predicted octanol–water partition coefficient (Wildman–Crippen LogP) is 1.77. The van der Waals surface area contributed by atoms with E-state index in [1.54, 1.807) is 0 Å². The Kier molecular flexibility index (Phi) is 8.11. The molecule has 3 aliphatic heterocycles. The maximum atomic E-state index is 13.3. The lowest BCUT2D eigenvalue weighted by atomic mass is 9.97. The summed E-state index contributed by atoms with van der Waals surface area (Å²) in [6.45, 7) is 1.32. The average Bonchev–Trinajstić information content (AvgIpc) is 3.33. The van der Waals surface area contributed by atoms with E-state index in [9.17, 15) is 31.2 Å². The summed E-state index contributed by atoms with van der Waals surface area (Å²) in [5.74, 6) is -1.41. The minimum Gasteiger partial charge on any atom is -0.354 e. The zero-order chi connectivity index (χ0) is 26.8. The number of hydrogen-bond acceptors (Lipinski definition) is 5. The molecule has 0 unspecified atom stereocenters. The van der Waals surface area contributed by atoms with Crippen LogP contribution < -0.4 is 5.32 Å². The van der Waals surface area contributed by atoms with Crippen LogP contribution in [0, 0.1) is 23.2 Å². The lowest BCUT2D eigenvalue weighted by Crippen LogP contribution is -2.57. The van der Waals surface area contributed by atoms with Crippen molar-refractivity contribution in [1.82, 2.24) is 18.8 Å². The Bertz CT molecular complexity index is 1150. The van der Waals surface area contributed by atoms with Crippen molar-refractivity contribution >= 4 is 22.0 Å². The third-order valence-corrected chi connectivity index (χ3v) is 9.18. The van der Waals surface area contributed by atoms with Gasteiger partial charge in [0, 0.05) is 39.3 Å². The van der Waals surface area contributed by atoms with Crippen LogP contribution >= 0.6 is 0 Å². The Labute approximate surface area is 214 Å². The van der Waals surface area contributed by atoms with E-state index in [0.717, 1.165) is 12.1 Å². The highest BCUT2D eigenvalue weighted by Crippen LogP contribution is 2.30. The number of carbonyl (C=O) groups excluding carboxylic acids is 2. The number of benzene rings is 1. The molecule has 3 aliphatic rings. The monoisotopic (exact) mass is 541 g/mol. The molecule has 202 valence electrons. The number of nitrogens with zero attached hydrogens (tertiary/aromatic N) is 4. The van der Waals surface area contributed by atoms with Crippen molar-refractivity contribution in [3.05, 3.63) is 35.4 Å². The molecule has 3 fully saturated rings. The fraction of sp³-hybridized carbons (Fsp3) is 0.625. The van der Waals surface area contributed by atoms with Gasteiger partial charge >= 0.3 is 6.18 Å². The summed E-state index contributed by atoms with van der Waals surface area (Å²) < 4.78 is 66.5. The smallest absolute Gasteiger partial charge is 0.354 e. The number of alkyl halides is 3. The largest absolute Gasteiger partial charge is 0.416 e. The fourth-order valence-corrected chi connectivity index (χ4v) is 6.86. The summed E-state index contributed by atoms with van der Waals surface area (Å²) in [7, 11) is -3.73. The number of likely N-dealkylation sites (tertiary alicyclic amines) is 1. The normalized spacial score (nSPS) is 23.9. The van der Waals surface area contributed by atoms with Gasteiger partial charge in [0.15, 0.2) is 0 Å². The molecule has 3 saturated heterocycles. The number of hydrogen-bond donors (Lipinski definition) is 1. The highest BCUT2D eigenvalue weighted by Gasteiger charge is 2.44. The maximum Gasteiger partial charge on any atom is 0.416 e. The first-order valence-corrected chi connectivity index (χ1v) is 13.8. The molecule has 13 heteroatoms. The SMILES string of the molecule is N#CC1CN(S(=O)(=O)N2CCC[C@H](C(=O)N3CCC[C@@H]3C(=O)NCCc3ccc(C(F)(F)F)cc3)C2)C1. The zero-order valence-electron chi connectivity index (χ0n) is 20.3. The molecule has 2 amide bonds. The van der Waals surface area contributed by atoms with Crippen molar-refractivity contribution in [1.29, 1.82) is 5.26 Å². The van der Waals surface area contributed by atoms with E-state index < -0.39 is 33.9 Å². The van der Waals surface area contributed by atoms with E-state index in [1.807, 2.05) is 0 Å². The van der Waals surface area contributed by atoms with Gasteiger partial charge in [-0.25, -0.2) is 0 Å². The first-order chi connectivity index (χ1) is 17.5. The Morgan fingerprint density at radius 1 is 1.03 bits per heavy atom. The molecule has 1 aromatic rings. The van der Waals surface area contributed by atoms with Gasteiger partial charge in [-0.2, -0.15) is 35.5 Å². The number of piperidine rings is 1. The van der Waals surface area contributed by atoms with Crippen molar-refractivity contribution in [2.75, 3.05) is 39.3 Å². The van der Waals surface area contributed by atoms with Gasteiger partial charge in [0.25, 0.3) is 10.2 Å². The van der Waals surface area contributed by atoms with E-state index in [4.69, 9.17) is 5.26 Å². The maximum absolute atomic E-state index is 13.3. The topological polar surface area (TPSA) is 114 Å². The van der Waals surface area contributed by atoms with Crippen molar-refractivity contribution < 1.29 is 31.2 Å². The molecule has 1 N–H and O–H groups in total. The first kappa shape index (κ1) is 27.3. The number of nitriles is 1. The number of nitrogens with one attached hydrogen (secondary N) is 1. The summed E-state index contributed by atoms with van der Waals surface area (Å²) in [6.07, 6.45) is -1.84. The van der Waals surface area contributed by atoms with E-state index in [1.165, 1.54) is 25.6 Å². The molecular weight excluding hydrogens is 511 g/mol. The second kappa shape index (κ2) is 11.0. The summed E-state index contributed by atoms with van der Waals surface area (Å²) in [5, 5.41) is 11.7. The summed E-state index contributed by atoms with van der Waals surface area (Å²) in [5.41, 5.74) is -0.0786. The third-order valence-electron chi connectivity index (χ3n) is 7.25. The fourth-order valence-electron chi connectivity index (χ4n) is 5.07. The Morgan fingerprint density at radius 3 is 2.35 bits per heavy atom. The second-order valence-electron chi connectivity index (χ2n) is 9.77. The van der Waals surface area contributed by atoms with Gasteiger partial charge in [0.1, 0.15) is 6.04 Å². The van der Waals surface area contributed by atoms with Crippen molar-refractivity contribution in [3.8, 4) is 6.07 Å². The Morgan fingerprint density at radius 2 is 1.70 bits per heavy atom. The number of amides is 2. The molecule has 1 aromatic carbocycles. The molecule has 0 saturated carbocycles. The van der Waals surface area contributed by atoms with Crippen LogP contribution in [0.3, 0.4) is 0 Å². The van der Waals surface area contributed by atoms with Gasteiger partial charge in [0.05, 0.1) is 23.5 Å². The number of halogens is 3. The van der Waals surface area contributed by atoms with Crippen LogP contribution in [-0.2, 0) is 32.4 Å². The minimum atomic E-state index is -4.40. The first-order valence-electron chi connectivity index (χ1n) is 12.4. The van der Waals surface area contributed by atoms with Crippen LogP contribution in [0.1, 0.15) is 36.8 Å². The molecular formula is C24H30F3N5O4S. The summed E-state index contributed by atoms with van der Waals surface area (Å²) in [4.78, 5) is 27.7. The molecule has 9 nitrogen and oxygen atoms in total. The second-order valence-corrected chi connectivity index (χ2v) is 11.7. The minimum absolute atomic E-state index is 0.0493. The van der Waals surface area contributed by atoms with E-state index in [2.05, 4.69) is 11.4 Å². The molecule has 0 spiro atoms. The van der Waals surface area contributed by atoms with Gasteiger partial charge in [-0.1, -0.05) is 12.1 Å². The van der Waals surface area contributed by atoms with Crippen molar-refractivity contribution in [2.24, 2.45) is 11.8 Å². The zero-order valence-corrected chi connectivity index (χ0v) is 21.1. The number of carbonyl (C=O) groups is 2. The van der Waals surface area contributed by atoms with Crippen molar-refractivity contribution in [2.45, 2.75) is 44.3 Å². The van der Waals surface area contributed by atoms with Crippen LogP contribution in [0.5, 0.6) is 0 Å². The highest BCUT2D eigenvalue weighted by atomic mass is 32.2. The van der Waals surface area contributed by atoms with Crippen LogP contribution in [0.25, 0.3) is 0 Å². The molecule has 3 heterocycles. The lowest BCUT2D eigenvalue weighted by molar-refractivity contribution is -0.142. The van der Waals surface area contributed by atoms with E-state index >= 15 is 0 Å². The average molecular weight is 542 g/mol. The van der Waals surface area contributed by atoms with Crippen LogP contribution in [0.4, 0.5) is 13.2 Å². The molecule has 37 heavy (non-hydrogen) atoms. The molecule has 0 radical (unpaired) electrons. The lowest BCUT2D eigenvalue weighted by Gasteiger charge is -2.41. The van der Waals surface area contributed by atoms with Crippen LogP contribution in [0.2, 0.25) is 0 Å². The van der Waals surface area contributed by atoms with Crippen LogP contribution in [-0.4, -0.2) is 79.1 Å². The Hall–Kier alpha value is -2.69. The molecule has 4 rings (SSSR count). The third kappa shape index (κ3) is 6.08. The van der Waals surface area contributed by atoms with Gasteiger partial charge < -0.3 is 10.2 Å². The quantitative estimate of drug-likeness (QED) is 0.565. The van der Waals surface area contributed by atoms with Gasteiger partial charge in [-0.15, -0.1) is 0 Å². The van der Waals surface area contributed by atoms with Crippen LogP contribution in [0.15, 0.2) is 24.3 Å². The van der Waals surface area contributed by atoms with E-state index in [-0.39, 0.29) is 43.9 Å². The van der Waals surface area contributed by atoms with Gasteiger partial charge in [-0.05, 0) is 49.8 Å². The van der Waals surface area contributed by atoms with Crippen molar-refractivity contribution in [3.63, 3.8) is 0 Å². The highest BCUT2D eigenvalue weighted by molar-refractivity contribution is 7.86. The standard InChI is InChI=1S/C24H30F3N5O4S/c25-24(26,27)20-7-5-17(6-8-20)9-10-29-22(33)21-4-2-12-32(21)23(34)19-3-1-11-30(16-19)37(35,36)31-14-18(13-28)15-31/h5-8,18-19,21H,1-4,9-12,14-16H2,(H,29,33)/t19-,21+/m0/s1. The predicted molar refractivity (Wildman–Crippen MR) is 127 cm³/mol.